The van der Waals surface area contributed by atoms with Gasteiger partial charge in [0.1, 0.15) is 6.61 Å². The fraction of sp³-hybridized carbons (Fsp3) is 0.333. The molecule has 0 spiro atoms. The second kappa shape index (κ2) is 8.90. The zero-order chi connectivity index (χ0) is 18.4. The molecule has 0 unspecified atom stereocenters. The molecule has 5 heteroatoms. The summed E-state index contributed by atoms with van der Waals surface area (Å²) in [6, 6.07) is 15.8. The molecule has 0 bridgehead atoms. The van der Waals surface area contributed by atoms with E-state index in [1.165, 1.54) is 17.7 Å². The smallest absolute Gasteiger partial charge is 0.361 e. The van der Waals surface area contributed by atoms with Crippen molar-refractivity contribution in [1.82, 2.24) is 0 Å². The molecule has 1 aliphatic carbocycles. The van der Waals surface area contributed by atoms with Gasteiger partial charge in [0.05, 0.1) is 6.61 Å². The zero-order valence-electron chi connectivity index (χ0n) is 15.1. The van der Waals surface area contributed by atoms with Gasteiger partial charge in [0, 0.05) is 15.7 Å². The molecular weight excluding hydrogens is 346 g/mol. The SMILES string of the molecule is CCOC(=O)C(=NOCc1ccccc1)c1ccc(SC2CC2)cc1C. The van der Waals surface area contributed by atoms with E-state index in [2.05, 4.69) is 11.2 Å². The third kappa shape index (κ3) is 5.11. The van der Waals surface area contributed by atoms with Crippen LogP contribution in [0.3, 0.4) is 0 Å². The van der Waals surface area contributed by atoms with Crippen LogP contribution in [-0.4, -0.2) is 23.5 Å². The van der Waals surface area contributed by atoms with Crippen LogP contribution >= 0.6 is 11.8 Å². The standard InChI is InChI=1S/C21H23NO3S/c1-3-24-21(23)20(22-25-14-16-7-5-4-6-8-16)19-12-11-18(13-15(19)2)26-17-9-10-17/h4-8,11-13,17H,3,9-10,14H2,1-2H3. The summed E-state index contributed by atoms with van der Waals surface area (Å²) in [7, 11) is 0. The number of esters is 1. The summed E-state index contributed by atoms with van der Waals surface area (Å²) >= 11 is 1.89. The second-order valence-electron chi connectivity index (χ2n) is 6.21. The highest BCUT2D eigenvalue weighted by Crippen LogP contribution is 2.39. The topological polar surface area (TPSA) is 47.9 Å². The third-order valence-corrected chi connectivity index (χ3v) is 5.31. The number of hydrogen-bond donors (Lipinski definition) is 0. The molecule has 0 heterocycles. The summed E-state index contributed by atoms with van der Waals surface area (Å²) in [5.74, 6) is -0.466. The van der Waals surface area contributed by atoms with E-state index in [1.54, 1.807) is 6.92 Å². The Morgan fingerprint density at radius 3 is 2.62 bits per heavy atom. The molecule has 136 valence electrons. The molecule has 1 fully saturated rings. The van der Waals surface area contributed by atoms with Crippen molar-refractivity contribution in [2.24, 2.45) is 5.16 Å². The molecule has 0 aromatic heterocycles. The first kappa shape index (κ1) is 18.5. The fourth-order valence-corrected chi connectivity index (χ4v) is 3.64. The summed E-state index contributed by atoms with van der Waals surface area (Å²) in [6.45, 7) is 4.37. The highest BCUT2D eigenvalue weighted by Gasteiger charge is 2.24. The van der Waals surface area contributed by atoms with Crippen LogP contribution in [0, 0.1) is 6.92 Å². The van der Waals surface area contributed by atoms with Crippen LogP contribution in [0.15, 0.2) is 58.6 Å². The molecule has 0 aliphatic heterocycles. The van der Waals surface area contributed by atoms with Crippen molar-refractivity contribution in [2.75, 3.05) is 6.61 Å². The number of aryl methyl sites for hydroxylation is 1. The van der Waals surface area contributed by atoms with Gasteiger partial charge in [-0.25, -0.2) is 4.79 Å². The summed E-state index contributed by atoms with van der Waals surface area (Å²) in [5, 5.41) is 4.85. The van der Waals surface area contributed by atoms with E-state index in [9.17, 15) is 4.79 Å². The number of carbonyl (C=O) groups is 1. The van der Waals surface area contributed by atoms with Gasteiger partial charge in [-0.1, -0.05) is 41.6 Å². The van der Waals surface area contributed by atoms with Crippen molar-refractivity contribution in [2.45, 2.75) is 43.4 Å². The van der Waals surface area contributed by atoms with E-state index >= 15 is 0 Å². The van der Waals surface area contributed by atoms with E-state index < -0.39 is 5.97 Å². The summed E-state index contributed by atoms with van der Waals surface area (Å²) in [4.78, 5) is 19.0. The van der Waals surface area contributed by atoms with Gasteiger partial charge in [0.25, 0.3) is 0 Å². The molecule has 0 atom stereocenters. The molecule has 0 N–H and O–H groups in total. The minimum Gasteiger partial charge on any atom is -0.461 e. The predicted molar refractivity (Wildman–Crippen MR) is 104 cm³/mol. The summed E-state index contributed by atoms with van der Waals surface area (Å²) in [5.41, 5.74) is 2.94. The van der Waals surface area contributed by atoms with Crippen LogP contribution in [0.5, 0.6) is 0 Å². The van der Waals surface area contributed by atoms with Crippen molar-refractivity contribution in [3.8, 4) is 0 Å². The predicted octanol–water partition coefficient (Wildman–Crippen LogP) is 4.73. The quantitative estimate of drug-likeness (QED) is 0.383. The molecule has 0 radical (unpaired) electrons. The van der Waals surface area contributed by atoms with Crippen LogP contribution < -0.4 is 0 Å². The maximum atomic E-state index is 12.4. The van der Waals surface area contributed by atoms with Gasteiger partial charge in [-0.3, -0.25) is 0 Å². The Hall–Kier alpha value is -2.27. The Kier molecular flexibility index (Phi) is 6.34. The number of ether oxygens (including phenoxy) is 1. The summed E-state index contributed by atoms with van der Waals surface area (Å²) in [6.07, 6.45) is 2.57. The van der Waals surface area contributed by atoms with Crippen LogP contribution in [0.1, 0.15) is 36.5 Å². The Morgan fingerprint density at radius 1 is 1.19 bits per heavy atom. The van der Waals surface area contributed by atoms with Crippen LogP contribution in [0.4, 0.5) is 0 Å². The van der Waals surface area contributed by atoms with Gasteiger partial charge in [0.2, 0.25) is 0 Å². The van der Waals surface area contributed by atoms with Gasteiger partial charge in [0.15, 0.2) is 5.71 Å². The number of thioether (sulfide) groups is 1. The van der Waals surface area contributed by atoms with E-state index in [-0.39, 0.29) is 5.71 Å². The first-order chi connectivity index (χ1) is 12.7. The molecule has 2 aromatic rings. The Morgan fingerprint density at radius 2 is 1.96 bits per heavy atom. The number of oxime groups is 1. The number of nitrogens with zero attached hydrogens (tertiary/aromatic N) is 1. The lowest BCUT2D eigenvalue weighted by molar-refractivity contribution is -0.135. The number of rotatable bonds is 8. The van der Waals surface area contributed by atoms with Crippen molar-refractivity contribution in [3.63, 3.8) is 0 Å². The molecule has 1 saturated carbocycles. The maximum absolute atomic E-state index is 12.4. The van der Waals surface area contributed by atoms with Crippen molar-refractivity contribution in [1.29, 1.82) is 0 Å². The van der Waals surface area contributed by atoms with E-state index in [1.807, 2.05) is 61.2 Å². The van der Waals surface area contributed by atoms with Gasteiger partial charge in [-0.2, -0.15) is 0 Å². The minimum absolute atomic E-state index is 0.211. The van der Waals surface area contributed by atoms with Crippen molar-refractivity contribution >= 4 is 23.4 Å². The highest BCUT2D eigenvalue weighted by molar-refractivity contribution is 8.00. The molecular formula is C21H23NO3S. The molecule has 1 aliphatic rings. The third-order valence-electron chi connectivity index (χ3n) is 3.98. The van der Waals surface area contributed by atoms with Crippen LogP contribution in [0.2, 0.25) is 0 Å². The molecule has 4 nitrogen and oxygen atoms in total. The van der Waals surface area contributed by atoms with Crippen LogP contribution in [-0.2, 0) is 21.0 Å². The lowest BCUT2D eigenvalue weighted by Gasteiger charge is -2.11. The monoisotopic (exact) mass is 369 g/mol. The molecule has 26 heavy (non-hydrogen) atoms. The second-order valence-corrected chi connectivity index (χ2v) is 7.59. The number of benzene rings is 2. The lowest BCUT2D eigenvalue weighted by Crippen LogP contribution is -2.20. The van der Waals surface area contributed by atoms with E-state index in [0.717, 1.165) is 21.9 Å². The maximum Gasteiger partial charge on any atom is 0.361 e. The van der Waals surface area contributed by atoms with E-state index in [0.29, 0.717) is 13.2 Å². The van der Waals surface area contributed by atoms with Crippen molar-refractivity contribution in [3.05, 3.63) is 65.2 Å². The Labute approximate surface area is 158 Å². The van der Waals surface area contributed by atoms with Gasteiger partial charge in [-0.15, -0.1) is 11.8 Å². The average Bonchev–Trinajstić information content (AvgIpc) is 3.45. The number of carbonyl (C=O) groups excluding carboxylic acids is 1. The van der Waals surface area contributed by atoms with E-state index in [4.69, 9.17) is 9.57 Å². The molecule has 0 amide bonds. The fourth-order valence-electron chi connectivity index (χ4n) is 2.49. The van der Waals surface area contributed by atoms with Gasteiger partial charge < -0.3 is 9.57 Å². The van der Waals surface area contributed by atoms with Gasteiger partial charge >= 0.3 is 5.97 Å². The van der Waals surface area contributed by atoms with Gasteiger partial charge in [-0.05, 0) is 49.9 Å². The summed E-state index contributed by atoms with van der Waals surface area (Å²) < 4.78 is 5.17. The zero-order valence-corrected chi connectivity index (χ0v) is 15.9. The normalized spacial score (nSPS) is 14.2. The lowest BCUT2D eigenvalue weighted by atomic mass is 10.0. The first-order valence-electron chi connectivity index (χ1n) is 8.86. The van der Waals surface area contributed by atoms with Crippen LogP contribution in [0.25, 0.3) is 0 Å². The van der Waals surface area contributed by atoms with Crippen molar-refractivity contribution < 1.29 is 14.4 Å². The largest absolute Gasteiger partial charge is 0.461 e. The first-order valence-corrected chi connectivity index (χ1v) is 9.74. The Bertz CT molecular complexity index is 785. The highest BCUT2D eigenvalue weighted by atomic mass is 32.2. The molecule has 2 aromatic carbocycles. The number of hydrogen-bond acceptors (Lipinski definition) is 5. The Balaban J connectivity index is 1.78. The molecule has 3 rings (SSSR count). The average molecular weight is 369 g/mol. The molecule has 0 saturated heterocycles. The minimum atomic E-state index is -0.466.